The van der Waals surface area contributed by atoms with Crippen molar-refractivity contribution in [2.24, 2.45) is 0 Å². The summed E-state index contributed by atoms with van der Waals surface area (Å²) in [7, 11) is 3.49. The van der Waals surface area contributed by atoms with E-state index in [2.05, 4.69) is 15.8 Å². The highest BCUT2D eigenvalue weighted by molar-refractivity contribution is 6.30. The van der Waals surface area contributed by atoms with E-state index in [-0.39, 0.29) is 6.10 Å². The fourth-order valence-corrected chi connectivity index (χ4v) is 1.87. The molecule has 0 aliphatic heterocycles. The first-order valence-corrected chi connectivity index (χ1v) is 5.88. The molecule has 2 N–H and O–H groups in total. The average Bonchev–Trinajstić information content (AvgIpc) is 2.25. The van der Waals surface area contributed by atoms with Gasteiger partial charge in [-0.3, -0.25) is 0 Å². The van der Waals surface area contributed by atoms with Crippen LogP contribution >= 0.6 is 11.6 Å². The van der Waals surface area contributed by atoms with Gasteiger partial charge in [0.2, 0.25) is 5.88 Å². The van der Waals surface area contributed by atoms with Gasteiger partial charge < -0.3 is 14.9 Å². The van der Waals surface area contributed by atoms with Crippen molar-refractivity contribution in [1.82, 2.24) is 10.4 Å². The summed E-state index contributed by atoms with van der Waals surface area (Å²) >= 11 is 5.88. The van der Waals surface area contributed by atoms with Gasteiger partial charge in [0.15, 0.2) is 0 Å². The second-order valence-corrected chi connectivity index (χ2v) is 4.39. The van der Waals surface area contributed by atoms with E-state index in [1.54, 1.807) is 26.4 Å². The summed E-state index contributed by atoms with van der Waals surface area (Å²) < 4.78 is 11.0. The van der Waals surface area contributed by atoms with Crippen LogP contribution in [0.5, 0.6) is 5.88 Å². The van der Waals surface area contributed by atoms with Crippen LogP contribution in [-0.2, 0) is 4.74 Å². The molecule has 0 spiro atoms. The zero-order chi connectivity index (χ0) is 12.3. The normalized spacial score (nSPS) is 23.0. The number of aromatic nitrogens is 1. The van der Waals surface area contributed by atoms with Gasteiger partial charge in [-0.15, -0.1) is 0 Å². The van der Waals surface area contributed by atoms with Crippen molar-refractivity contribution in [2.45, 2.75) is 25.0 Å². The largest absolute Gasteiger partial charge is 0.473 e. The topological polar surface area (TPSA) is 55.4 Å². The molecule has 0 saturated heterocycles. The van der Waals surface area contributed by atoms with E-state index < -0.39 is 0 Å². The quantitative estimate of drug-likeness (QED) is 0.789. The summed E-state index contributed by atoms with van der Waals surface area (Å²) in [5.41, 5.74) is 6.51. The van der Waals surface area contributed by atoms with Gasteiger partial charge >= 0.3 is 0 Å². The Morgan fingerprint density at radius 1 is 1.41 bits per heavy atom. The summed E-state index contributed by atoms with van der Waals surface area (Å²) in [6.45, 7) is 0. The molecule has 5 nitrogen and oxygen atoms in total. The van der Waals surface area contributed by atoms with Crippen molar-refractivity contribution in [3.63, 3.8) is 0 Å². The monoisotopic (exact) mass is 257 g/mol. The lowest BCUT2D eigenvalue weighted by Gasteiger charge is -2.34. The van der Waals surface area contributed by atoms with E-state index in [1.165, 1.54) is 0 Å². The first kappa shape index (κ1) is 12.4. The van der Waals surface area contributed by atoms with Crippen LogP contribution in [0.25, 0.3) is 0 Å². The Balaban J connectivity index is 2.00. The third-order valence-corrected chi connectivity index (χ3v) is 2.95. The molecule has 0 amide bonds. The van der Waals surface area contributed by atoms with Crippen LogP contribution in [0.2, 0.25) is 5.02 Å². The van der Waals surface area contributed by atoms with E-state index in [4.69, 9.17) is 21.1 Å². The summed E-state index contributed by atoms with van der Waals surface area (Å²) in [6.07, 6.45) is 3.86. The van der Waals surface area contributed by atoms with Crippen LogP contribution < -0.4 is 15.6 Å². The molecule has 0 radical (unpaired) electrons. The molecule has 1 fully saturated rings. The highest BCUT2D eigenvalue weighted by Gasteiger charge is 2.31. The molecule has 0 bridgehead atoms. The van der Waals surface area contributed by atoms with Gasteiger partial charge in [0.1, 0.15) is 11.8 Å². The number of hydrogen-bond donors (Lipinski definition) is 2. The number of nitrogens with zero attached hydrogens (tertiary/aromatic N) is 1. The average molecular weight is 258 g/mol. The highest BCUT2D eigenvalue weighted by atomic mass is 35.5. The number of hydrogen-bond acceptors (Lipinski definition) is 5. The number of nitrogens with one attached hydrogen (secondary N) is 2. The highest BCUT2D eigenvalue weighted by Crippen LogP contribution is 2.31. The maximum absolute atomic E-state index is 5.88. The van der Waals surface area contributed by atoms with Crippen LogP contribution in [0.15, 0.2) is 12.3 Å². The molecule has 1 aromatic rings. The van der Waals surface area contributed by atoms with Crippen LogP contribution in [0.4, 0.5) is 5.69 Å². The van der Waals surface area contributed by atoms with Crippen molar-refractivity contribution in [3.05, 3.63) is 17.3 Å². The Kier molecular flexibility index (Phi) is 4.04. The zero-order valence-electron chi connectivity index (χ0n) is 9.87. The molecule has 1 aliphatic rings. The second kappa shape index (κ2) is 5.53. The Hall–Kier alpha value is -1.04. The number of methoxy groups -OCH3 is 1. The van der Waals surface area contributed by atoms with Crippen LogP contribution in [0.3, 0.4) is 0 Å². The van der Waals surface area contributed by atoms with Gasteiger partial charge in [0.05, 0.1) is 11.1 Å². The number of rotatable bonds is 5. The van der Waals surface area contributed by atoms with Gasteiger partial charge in [-0.1, -0.05) is 11.6 Å². The van der Waals surface area contributed by atoms with Gasteiger partial charge in [0, 0.05) is 33.2 Å². The smallest absolute Gasteiger partial charge is 0.239 e. The molecule has 1 saturated carbocycles. The fourth-order valence-electron chi connectivity index (χ4n) is 1.71. The summed E-state index contributed by atoms with van der Waals surface area (Å²) in [5, 5.41) is 0.568. The maximum Gasteiger partial charge on any atom is 0.239 e. The van der Waals surface area contributed by atoms with Crippen LogP contribution in [0, 0.1) is 0 Å². The van der Waals surface area contributed by atoms with E-state index in [1.807, 2.05) is 0 Å². The van der Waals surface area contributed by atoms with Crippen LogP contribution in [0.1, 0.15) is 12.8 Å². The number of halogens is 1. The molecule has 1 aromatic heterocycles. The van der Waals surface area contributed by atoms with E-state index >= 15 is 0 Å². The third-order valence-electron chi connectivity index (χ3n) is 2.74. The molecule has 0 atom stereocenters. The molecule has 1 aliphatic carbocycles. The molecule has 6 heteroatoms. The van der Waals surface area contributed by atoms with E-state index in [0.717, 1.165) is 18.5 Å². The predicted molar refractivity (Wildman–Crippen MR) is 66.4 cm³/mol. The number of anilines is 1. The maximum atomic E-state index is 5.88. The second-order valence-electron chi connectivity index (χ2n) is 3.95. The Morgan fingerprint density at radius 2 is 2.18 bits per heavy atom. The minimum absolute atomic E-state index is 0.172. The first-order valence-electron chi connectivity index (χ1n) is 5.50. The van der Waals surface area contributed by atoms with Crippen molar-refractivity contribution >= 4 is 17.3 Å². The minimum atomic E-state index is 0.172. The van der Waals surface area contributed by atoms with Gasteiger partial charge in [-0.05, 0) is 6.07 Å². The molecular formula is C11H16ClN3O2. The summed E-state index contributed by atoms with van der Waals surface area (Å²) in [5.74, 6) is 0.559. The van der Waals surface area contributed by atoms with Crippen molar-refractivity contribution in [3.8, 4) is 5.88 Å². The fraction of sp³-hybridized carbons (Fsp3) is 0.545. The molecule has 94 valence electrons. The minimum Gasteiger partial charge on any atom is -0.473 e. The molecule has 17 heavy (non-hydrogen) atoms. The van der Waals surface area contributed by atoms with Gasteiger partial charge in [-0.2, -0.15) is 0 Å². The SMILES string of the molecule is CNNc1cc(Cl)cnc1OC1CC(OC)C1. The van der Waals surface area contributed by atoms with Gasteiger partial charge in [-0.25, -0.2) is 10.4 Å². The molecule has 1 heterocycles. The zero-order valence-corrected chi connectivity index (χ0v) is 10.6. The van der Waals surface area contributed by atoms with Crippen molar-refractivity contribution < 1.29 is 9.47 Å². The van der Waals surface area contributed by atoms with Gasteiger partial charge in [0.25, 0.3) is 0 Å². The summed E-state index contributed by atoms with van der Waals surface area (Å²) in [6, 6.07) is 1.77. The first-order chi connectivity index (χ1) is 8.22. The Labute approximate surface area is 105 Å². The third kappa shape index (κ3) is 3.00. The van der Waals surface area contributed by atoms with E-state index in [9.17, 15) is 0 Å². The molecule has 2 rings (SSSR count). The molecular weight excluding hydrogens is 242 g/mol. The van der Waals surface area contributed by atoms with Crippen molar-refractivity contribution in [1.29, 1.82) is 0 Å². The number of hydrazine groups is 1. The van der Waals surface area contributed by atoms with Crippen molar-refractivity contribution in [2.75, 3.05) is 19.6 Å². The molecule has 0 aromatic carbocycles. The standard InChI is InChI=1S/C11H16ClN3O2/c1-13-15-10-3-7(12)6-14-11(10)17-9-4-8(5-9)16-2/h3,6,8-9,13,15H,4-5H2,1-2H3. The Morgan fingerprint density at radius 3 is 2.82 bits per heavy atom. The molecule has 0 unspecified atom stereocenters. The Bertz CT molecular complexity index is 383. The number of pyridine rings is 1. The lowest BCUT2D eigenvalue weighted by Crippen LogP contribution is -2.39. The number of ether oxygens (including phenoxy) is 2. The lowest BCUT2D eigenvalue weighted by atomic mass is 9.92. The predicted octanol–water partition coefficient (Wildman–Crippen LogP) is 1.84. The van der Waals surface area contributed by atoms with E-state index in [0.29, 0.717) is 17.0 Å². The van der Waals surface area contributed by atoms with Crippen LogP contribution in [-0.4, -0.2) is 31.3 Å². The summed E-state index contributed by atoms with van der Waals surface area (Å²) in [4.78, 5) is 4.17. The lowest BCUT2D eigenvalue weighted by molar-refractivity contribution is -0.0393.